The molecule has 10 heteroatoms. The number of aryl methyl sites for hydroxylation is 1. The maximum atomic E-state index is 13.5. The second kappa shape index (κ2) is 8.79. The molecule has 1 fully saturated rings. The summed E-state index contributed by atoms with van der Waals surface area (Å²) in [5.74, 6) is 1.06. The highest BCUT2D eigenvalue weighted by Gasteiger charge is 2.51. The monoisotopic (exact) mass is 511 g/mol. The van der Waals surface area contributed by atoms with E-state index in [0.29, 0.717) is 36.2 Å². The number of aromatic nitrogens is 3. The van der Waals surface area contributed by atoms with Gasteiger partial charge in [-0.3, -0.25) is 4.90 Å². The Morgan fingerprint density at radius 3 is 2.92 bits per heavy atom. The smallest absolute Gasteiger partial charge is 0.274 e. The molecule has 1 aromatic carbocycles. The van der Waals surface area contributed by atoms with Gasteiger partial charge in [-0.05, 0) is 69.3 Å². The predicted octanol–water partition coefficient (Wildman–Crippen LogP) is 3.64. The van der Waals surface area contributed by atoms with Gasteiger partial charge in [0.15, 0.2) is 5.82 Å². The number of ether oxygens (including phenoxy) is 1. The lowest BCUT2D eigenvalue weighted by Gasteiger charge is -2.53. The second-order valence-corrected chi connectivity index (χ2v) is 11.9. The Hall–Kier alpha value is -2.53. The van der Waals surface area contributed by atoms with Crippen molar-refractivity contribution in [3.8, 4) is 0 Å². The first-order valence-corrected chi connectivity index (χ1v) is 14.3. The Bertz CT molecular complexity index is 1460. The molecule has 0 unspecified atom stereocenters. The zero-order valence-corrected chi connectivity index (χ0v) is 21.9. The summed E-state index contributed by atoms with van der Waals surface area (Å²) in [5, 5.41) is 4.88. The summed E-state index contributed by atoms with van der Waals surface area (Å²) in [6.07, 6.45) is 6.96. The van der Waals surface area contributed by atoms with Crippen LogP contribution in [0.15, 0.2) is 33.7 Å². The molecule has 6 rings (SSSR count). The number of hydrogen-bond donors (Lipinski definition) is 1. The van der Waals surface area contributed by atoms with Gasteiger partial charge >= 0.3 is 0 Å². The normalized spacial score (nSPS) is 23.6. The lowest BCUT2D eigenvalue weighted by atomic mass is 9.66. The standard InChI is InChI=1S/C26H33N5O4S/c1-4-26-11-6-13-30-14-10-18-22-19(8-5-9-21(22)36(32,33)27-12-7-15-34-3)31(23(18)24(26)30)20(16-26)25-28-17(2)29-35-25/h5,8-9,16,24,27H,4,6-7,10-15H2,1-3H3/t24-,26+/m1/s1. The average molecular weight is 512 g/mol. The van der Waals surface area contributed by atoms with Gasteiger partial charge in [0, 0.05) is 43.3 Å². The predicted molar refractivity (Wildman–Crippen MR) is 136 cm³/mol. The molecule has 2 atom stereocenters. The molecule has 0 radical (unpaired) electrons. The second-order valence-electron chi connectivity index (χ2n) is 10.1. The van der Waals surface area contributed by atoms with Crippen molar-refractivity contribution in [2.75, 3.05) is 33.4 Å². The Morgan fingerprint density at radius 1 is 1.31 bits per heavy atom. The maximum absolute atomic E-state index is 13.5. The van der Waals surface area contributed by atoms with Crippen LogP contribution in [0.4, 0.5) is 0 Å². The van der Waals surface area contributed by atoms with Gasteiger partial charge in [-0.2, -0.15) is 4.98 Å². The fourth-order valence-electron chi connectivity index (χ4n) is 6.63. The molecule has 3 aliphatic heterocycles. The summed E-state index contributed by atoms with van der Waals surface area (Å²) in [4.78, 5) is 7.52. The number of hydrogen-bond acceptors (Lipinski definition) is 7. The largest absolute Gasteiger partial charge is 0.385 e. The fraction of sp³-hybridized carbons (Fsp3) is 0.538. The zero-order chi connectivity index (χ0) is 25.1. The molecule has 36 heavy (non-hydrogen) atoms. The van der Waals surface area contributed by atoms with E-state index in [2.05, 4.69) is 37.3 Å². The molecule has 0 amide bonds. The number of sulfonamides is 1. The summed E-state index contributed by atoms with van der Waals surface area (Å²) >= 11 is 0. The fourth-order valence-corrected chi connectivity index (χ4v) is 7.95. The molecule has 0 aliphatic carbocycles. The third-order valence-corrected chi connectivity index (χ3v) is 9.68. The van der Waals surface area contributed by atoms with E-state index in [0.717, 1.165) is 60.9 Å². The van der Waals surface area contributed by atoms with Gasteiger partial charge in [0.2, 0.25) is 10.0 Å². The van der Waals surface area contributed by atoms with Crippen LogP contribution in [0.1, 0.15) is 61.6 Å². The van der Waals surface area contributed by atoms with Crippen molar-refractivity contribution in [3.63, 3.8) is 0 Å². The average Bonchev–Trinajstić information content (AvgIpc) is 3.47. The Kier molecular flexibility index (Phi) is 5.82. The molecule has 9 nitrogen and oxygen atoms in total. The summed E-state index contributed by atoms with van der Waals surface area (Å²) in [7, 11) is -2.10. The van der Waals surface area contributed by atoms with Crippen molar-refractivity contribution in [3.05, 3.63) is 47.2 Å². The van der Waals surface area contributed by atoms with Crippen LogP contribution in [-0.2, 0) is 21.2 Å². The van der Waals surface area contributed by atoms with Gasteiger partial charge in [0.25, 0.3) is 5.89 Å². The minimum Gasteiger partial charge on any atom is -0.385 e. The van der Waals surface area contributed by atoms with Crippen LogP contribution in [0, 0.1) is 12.3 Å². The molecule has 1 saturated heterocycles. The summed E-state index contributed by atoms with van der Waals surface area (Å²) in [6, 6.07) is 5.77. The number of benzene rings is 1. The number of piperidine rings is 1. The quantitative estimate of drug-likeness (QED) is 0.461. The molecule has 0 bridgehead atoms. The molecule has 1 N–H and O–H groups in total. The van der Waals surface area contributed by atoms with Crippen LogP contribution in [0.25, 0.3) is 16.6 Å². The van der Waals surface area contributed by atoms with Gasteiger partial charge in [0.1, 0.15) is 5.70 Å². The van der Waals surface area contributed by atoms with Gasteiger partial charge in [-0.1, -0.05) is 18.1 Å². The highest BCUT2D eigenvalue weighted by atomic mass is 32.2. The first-order valence-electron chi connectivity index (χ1n) is 12.8. The van der Waals surface area contributed by atoms with Gasteiger partial charge in [-0.25, -0.2) is 13.1 Å². The van der Waals surface area contributed by atoms with E-state index < -0.39 is 10.0 Å². The first-order chi connectivity index (χ1) is 17.4. The van der Waals surface area contributed by atoms with E-state index in [4.69, 9.17) is 9.26 Å². The van der Waals surface area contributed by atoms with E-state index in [1.807, 2.05) is 19.1 Å². The Morgan fingerprint density at radius 2 is 2.17 bits per heavy atom. The first kappa shape index (κ1) is 23.8. The number of nitrogens with zero attached hydrogens (tertiary/aromatic N) is 4. The van der Waals surface area contributed by atoms with E-state index in [-0.39, 0.29) is 11.5 Å². The van der Waals surface area contributed by atoms with E-state index >= 15 is 0 Å². The summed E-state index contributed by atoms with van der Waals surface area (Å²) in [5.41, 5.74) is 4.00. The molecule has 0 saturated carbocycles. The van der Waals surface area contributed by atoms with Crippen LogP contribution in [0.2, 0.25) is 0 Å². The Labute approximate surface area is 211 Å². The van der Waals surface area contributed by atoms with E-state index in [1.54, 1.807) is 13.2 Å². The van der Waals surface area contributed by atoms with Crippen LogP contribution in [0.5, 0.6) is 0 Å². The molecule has 0 spiro atoms. The number of methoxy groups -OCH3 is 1. The minimum absolute atomic E-state index is 0.0626. The Balaban J connectivity index is 1.61. The van der Waals surface area contributed by atoms with E-state index in [9.17, 15) is 8.42 Å². The van der Waals surface area contributed by atoms with Crippen LogP contribution >= 0.6 is 0 Å². The van der Waals surface area contributed by atoms with Crippen molar-refractivity contribution in [2.24, 2.45) is 5.41 Å². The molecule has 3 aliphatic rings. The van der Waals surface area contributed by atoms with E-state index in [1.165, 1.54) is 5.69 Å². The summed E-state index contributed by atoms with van der Waals surface area (Å²) in [6.45, 7) is 6.90. The van der Waals surface area contributed by atoms with Crippen LogP contribution < -0.4 is 4.72 Å². The third kappa shape index (κ3) is 3.49. The molecule has 5 heterocycles. The highest BCUT2D eigenvalue weighted by molar-refractivity contribution is 7.89. The van der Waals surface area contributed by atoms with Crippen molar-refractivity contribution in [2.45, 2.75) is 56.9 Å². The number of rotatable bonds is 8. The SMILES string of the molecule is CC[C@@]12C=C(c3nc(C)no3)n3c4c(c5c(S(=O)(=O)NCCCOC)cccc53)CCN(CCC1)[C@H]42. The lowest BCUT2D eigenvalue weighted by molar-refractivity contribution is 0.0269. The highest BCUT2D eigenvalue weighted by Crippen LogP contribution is 2.58. The zero-order valence-electron chi connectivity index (χ0n) is 21.1. The van der Waals surface area contributed by atoms with Gasteiger partial charge < -0.3 is 13.8 Å². The molecule has 2 aromatic heterocycles. The maximum Gasteiger partial charge on any atom is 0.274 e. The molecular weight excluding hydrogens is 478 g/mol. The lowest BCUT2D eigenvalue weighted by Crippen LogP contribution is -2.50. The van der Waals surface area contributed by atoms with Gasteiger partial charge in [0.05, 0.1) is 16.5 Å². The minimum atomic E-state index is -3.71. The molecule has 192 valence electrons. The van der Waals surface area contributed by atoms with Crippen molar-refractivity contribution in [1.29, 1.82) is 0 Å². The summed E-state index contributed by atoms with van der Waals surface area (Å²) < 4.78 is 42.8. The van der Waals surface area contributed by atoms with Crippen molar-refractivity contribution in [1.82, 2.24) is 24.3 Å². The van der Waals surface area contributed by atoms with Crippen LogP contribution in [0.3, 0.4) is 0 Å². The topological polar surface area (TPSA) is 102 Å². The number of fused-ring (bicyclic) bond motifs is 3. The number of nitrogens with one attached hydrogen (secondary N) is 1. The van der Waals surface area contributed by atoms with Gasteiger partial charge in [-0.15, -0.1) is 0 Å². The third-order valence-electron chi connectivity index (χ3n) is 8.18. The molecular formula is C26H33N5O4S. The van der Waals surface area contributed by atoms with Crippen molar-refractivity contribution >= 4 is 26.6 Å². The van der Waals surface area contributed by atoms with Crippen molar-refractivity contribution < 1.29 is 17.7 Å². The molecule has 3 aromatic rings. The van der Waals surface area contributed by atoms with Crippen LogP contribution in [-0.4, -0.2) is 61.4 Å².